The first-order chi connectivity index (χ1) is 14.6. The molecule has 0 bridgehead atoms. The van der Waals surface area contributed by atoms with E-state index in [1.54, 1.807) is 12.4 Å². The Balaban J connectivity index is 2.04. The average Bonchev–Trinajstić information content (AvgIpc) is 3.16. The number of hydrogen-bond acceptors (Lipinski definition) is 3. The average molecular weight is 423 g/mol. The van der Waals surface area contributed by atoms with Crippen LogP contribution >= 0.6 is 0 Å². The zero-order valence-corrected chi connectivity index (χ0v) is 18.9. The third kappa shape index (κ3) is 12.0. The standard InChI is InChI=1S/C24H42N2O4/c1-2-3-4-5-6-7-8-9-10-11-12-13-14-15-16-17-22-25-18-19-26(22)21(24(29)30)20-23(27)28/h18-19,21H,2-17,20H2,1H3,(H,27,28)(H,29,30). The Morgan fingerprint density at radius 3 is 1.73 bits per heavy atom. The molecule has 1 unspecified atom stereocenters. The largest absolute Gasteiger partial charge is 0.481 e. The molecule has 1 atom stereocenters. The molecule has 0 saturated heterocycles. The Bertz CT molecular complexity index is 586. The van der Waals surface area contributed by atoms with Crippen LogP contribution in [0.25, 0.3) is 0 Å². The van der Waals surface area contributed by atoms with Crippen molar-refractivity contribution in [2.45, 2.75) is 122 Å². The van der Waals surface area contributed by atoms with Gasteiger partial charge in [0.05, 0.1) is 6.42 Å². The van der Waals surface area contributed by atoms with E-state index >= 15 is 0 Å². The van der Waals surface area contributed by atoms with Crippen LogP contribution < -0.4 is 0 Å². The highest BCUT2D eigenvalue weighted by Gasteiger charge is 2.24. The SMILES string of the molecule is CCCCCCCCCCCCCCCCCc1nccn1C(CC(=O)O)C(=O)O. The van der Waals surface area contributed by atoms with Gasteiger partial charge in [0.1, 0.15) is 11.9 Å². The molecule has 6 heteroatoms. The molecule has 0 saturated carbocycles. The quantitative estimate of drug-likeness (QED) is 0.237. The summed E-state index contributed by atoms with van der Waals surface area (Å²) in [6, 6.07) is -1.09. The van der Waals surface area contributed by atoms with Gasteiger partial charge in [-0.25, -0.2) is 9.78 Å². The molecular weight excluding hydrogens is 380 g/mol. The van der Waals surface area contributed by atoms with Crippen molar-refractivity contribution < 1.29 is 19.8 Å². The normalized spacial score (nSPS) is 12.2. The van der Waals surface area contributed by atoms with Crippen LogP contribution in [0.5, 0.6) is 0 Å². The predicted molar refractivity (Wildman–Crippen MR) is 120 cm³/mol. The number of aromatic nitrogens is 2. The molecule has 0 aromatic carbocycles. The minimum absolute atomic E-state index is 0.433. The molecule has 0 aliphatic heterocycles. The minimum atomic E-state index is -1.13. The van der Waals surface area contributed by atoms with Gasteiger partial charge in [-0.05, 0) is 6.42 Å². The van der Waals surface area contributed by atoms with Gasteiger partial charge in [0, 0.05) is 18.8 Å². The fraction of sp³-hybridized carbons (Fsp3) is 0.792. The molecule has 2 N–H and O–H groups in total. The van der Waals surface area contributed by atoms with E-state index in [9.17, 15) is 14.7 Å². The lowest BCUT2D eigenvalue weighted by Gasteiger charge is -2.15. The first-order valence-electron chi connectivity index (χ1n) is 12.0. The summed E-state index contributed by atoms with van der Waals surface area (Å²) < 4.78 is 1.50. The molecule has 172 valence electrons. The molecule has 6 nitrogen and oxygen atoms in total. The van der Waals surface area contributed by atoms with Crippen molar-refractivity contribution >= 4 is 11.9 Å². The van der Waals surface area contributed by atoms with Gasteiger partial charge in [0.15, 0.2) is 0 Å². The lowest BCUT2D eigenvalue weighted by atomic mass is 10.0. The van der Waals surface area contributed by atoms with Gasteiger partial charge in [0.2, 0.25) is 0 Å². The van der Waals surface area contributed by atoms with Crippen molar-refractivity contribution in [3.05, 3.63) is 18.2 Å². The predicted octanol–water partition coefficient (Wildman–Crippen LogP) is 6.40. The third-order valence-electron chi connectivity index (χ3n) is 5.74. The van der Waals surface area contributed by atoms with Gasteiger partial charge in [-0.2, -0.15) is 0 Å². The van der Waals surface area contributed by atoms with Crippen LogP contribution in [-0.4, -0.2) is 31.7 Å². The number of hydrogen-bond donors (Lipinski definition) is 2. The summed E-state index contributed by atoms with van der Waals surface area (Å²) in [5.41, 5.74) is 0. The Morgan fingerprint density at radius 1 is 0.833 bits per heavy atom. The van der Waals surface area contributed by atoms with Crippen LogP contribution in [0.2, 0.25) is 0 Å². The number of carboxylic acids is 2. The van der Waals surface area contributed by atoms with E-state index in [0.29, 0.717) is 12.2 Å². The Kier molecular flexibility index (Phi) is 14.7. The minimum Gasteiger partial charge on any atom is -0.481 e. The highest BCUT2D eigenvalue weighted by Crippen LogP contribution is 2.18. The number of carbonyl (C=O) groups is 2. The molecule has 0 fully saturated rings. The van der Waals surface area contributed by atoms with Crippen molar-refractivity contribution in [2.75, 3.05) is 0 Å². The smallest absolute Gasteiger partial charge is 0.327 e. The van der Waals surface area contributed by atoms with Crippen molar-refractivity contribution in [3.63, 3.8) is 0 Å². The molecular formula is C24H42N2O4. The van der Waals surface area contributed by atoms with Gasteiger partial charge in [-0.15, -0.1) is 0 Å². The lowest BCUT2D eigenvalue weighted by molar-refractivity contribution is -0.147. The summed E-state index contributed by atoms with van der Waals surface area (Å²) in [5.74, 6) is -1.58. The second kappa shape index (κ2) is 16.9. The van der Waals surface area contributed by atoms with Gasteiger partial charge in [-0.1, -0.05) is 96.8 Å². The summed E-state index contributed by atoms with van der Waals surface area (Å²) in [7, 11) is 0. The van der Waals surface area contributed by atoms with Crippen molar-refractivity contribution in [3.8, 4) is 0 Å². The summed E-state index contributed by atoms with van der Waals surface area (Å²) in [4.78, 5) is 26.6. The van der Waals surface area contributed by atoms with E-state index in [1.807, 2.05) is 0 Å². The molecule has 1 aromatic rings. The number of aryl methyl sites for hydroxylation is 1. The molecule has 0 aliphatic rings. The zero-order chi connectivity index (χ0) is 22.0. The topological polar surface area (TPSA) is 92.4 Å². The molecule has 0 amide bonds. The highest BCUT2D eigenvalue weighted by atomic mass is 16.4. The number of nitrogens with zero attached hydrogens (tertiary/aromatic N) is 2. The van der Waals surface area contributed by atoms with E-state index in [4.69, 9.17) is 5.11 Å². The third-order valence-corrected chi connectivity index (χ3v) is 5.74. The van der Waals surface area contributed by atoms with Crippen molar-refractivity contribution in [2.24, 2.45) is 0 Å². The number of carboxylic acid groups (broad SMARTS) is 2. The zero-order valence-electron chi connectivity index (χ0n) is 18.9. The number of rotatable bonds is 20. The van der Waals surface area contributed by atoms with Crippen LogP contribution in [0.1, 0.15) is 122 Å². The van der Waals surface area contributed by atoms with Crippen molar-refractivity contribution in [1.82, 2.24) is 9.55 Å². The molecule has 0 spiro atoms. The van der Waals surface area contributed by atoms with Crippen LogP contribution in [0.4, 0.5) is 0 Å². The summed E-state index contributed by atoms with van der Waals surface area (Å²) in [6.45, 7) is 2.26. The Morgan fingerprint density at radius 2 is 1.30 bits per heavy atom. The molecule has 1 rings (SSSR count). The van der Waals surface area contributed by atoms with E-state index in [-0.39, 0.29) is 0 Å². The van der Waals surface area contributed by atoms with Gasteiger partial charge < -0.3 is 14.8 Å². The number of unbranched alkanes of at least 4 members (excludes halogenated alkanes) is 14. The molecule has 1 heterocycles. The molecule has 1 aromatic heterocycles. The summed E-state index contributed by atoms with van der Waals surface area (Å²) in [5, 5.41) is 18.3. The van der Waals surface area contributed by atoms with Gasteiger partial charge in [-0.3, -0.25) is 4.79 Å². The van der Waals surface area contributed by atoms with Crippen LogP contribution in [-0.2, 0) is 16.0 Å². The van der Waals surface area contributed by atoms with E-state index in [1.165, 1.54) is 88.0 Å². The fourth-order valence-electron chi connectivity index (χ4n) is 3.95. The summed E-state index contributed by atoms with van der Waals surface area (Å²) >= 11 is 0. The maximum atomic E-state index is 11.4. The monoisotopic (exact) mass is 422 g/mol. The first kappa shape index (κ1) is 26.2. The lowest BCUT2D eigenvalue weighted by Crippen LogP contribution is -2.23. The highest BCUT2D eigenvalue weighted by molar-refractivity contribution is 5.79. The second-order valence-corrected chi connectivity index (χ2v) is 8.40. The fourth-order valence-corrected chi connectivity index (χ4v) is 3.95. The number of imidazole rings is 1. The van der Waals surface area contributed by atoms with Crippen molar-refractivity contribution in [1.29, 1.82) is 0 Å². The van der Waals surface area contributed by atoms with Crippen LogP contribution in [0, 0.1) is 0 Å². The van der Waals surface area contributed by atoms with E-state index in [2.05, 4.69) is 11.9 Å². The molecule has 0 radical (unpaired) electrons. The Hall–Kier alpha value is -1.85. The van der Waals surface area contributed by atoms with Gasteiger partial charge in [0.25, 0.3) is 0 Å². The van der Waals surface area contributed by atoms with E-state index < -0.39 is 24.4 Å². The first-order valence-corrected chi connectivity index (χ1v) is 12.0. The maximum absolute atomic E-state index is 11.4. The van der Waals surface area contributed by atoms with Crippen LogP contribution in [0.3, 0.4) is 0 Å². The maximum Gasteiger partial charge on any atom is 0.327 e. The number of aliphatic carboxylic acids is 2. The van der Waals surface area contributed by atoms with E-state index in [0.717, 1.165) is 12.8 Å². The summed E-state index contributed by atoms with van der Waals surface area (Å²) in [6.07, 6.45) is 22.9. The second-order valence-electron chi connectivity index (χ2n) is 8.40. The van der Waals surface area contributed by atoms with Crippen LogP contribution in [0.15, 0.2) is 12.4 Å². The van der Waals surface area contributed by atoms with Gasteiger partial charge >= 0.3 is 11.9 Å². The molecule has 0 aliphatic carbocycles. The Labute approximate surface area is 182 Å². The molecule has 30 heavy (non-hydrogen) atoms.